The van der Waals surface area contributed by atoms with Crippen LogP contribution < -0.4 is 5.32 Å². The van der Waals surface area contributed by atoms with Crippen molar-refractivity contribution in [1.82, 2.24) is 5.32 Å². The molecule has 0 aliphatic rings. The van der Waals surface area contributed by atoms with Crippen molar-refractivity contribution in [3.8, 4) is 0 Å². The number of phosphoric acid groups is 1. The summed E-state index contributed by atoms with van der Waals surface area (Å²) in [5.41, 5.74) is 0. The lowest BCUT2D eigenvalue weighted by molar-refractivity contribution is -0.870. The first-order chi connectivity index (χ1) is 23.5. The molecule has 9 heteroatoms. The van der Waals surface area contributed by atoms with Crippen molar-refractivity contribution in [3.05, 3.63) is 12.2 Å². The number of nitrogens with one attached hydrogen (secondary N) is 1. The van der Waals surface area contributed by atoms with Crippen molar-refractivity contribution in [1.29, 1.82) is 0 Å². The van der Waals surface area contributed by atoms with Gasteiger partial charge in [0, 0.05) is 6.42 Å². The number of unbranched alkanes of at least 4 members (excludes halogenated alkanes) is 23. The summed E-state index contributed by atoms with van der Waals surface area (Å²) < 4.78 is 23.5. The summed E-state index contributed by atoms with van der Waals surface area (Å²) in [4.78, 5) is 23.0. The Morgan fingerprint density at radius 1 is 0.673 bits per heavy atom. The van der Waals surface area contributed by atoms with Gasteiger partial charge in [-0.15, -0.1) is 0 Å². The number of likely N-dealkylation sites (N-methyl/N-ethyl adjacent to an activating group) is 1. The molecule has 0 radical (unpaired) electrons. The molecular formula is C40H82N2O6P+. The monoisotopic (exact) mass is 718 g/mol. The molecule has 292 valence electrons. The Morgan fingerprint density at radius 3 is 1.55 bits per heavy atom. The van der Waals surface area contributed by atoms with E-state index in [0.717, 1.165) is 32.1 Å². The smallest absolute Gasteiger partial charge is 0.391 e. The third kappa shape index (κ3) is 35.4. The van der Waals surface area contributed by atoms with Crippen LogP contribution in [0.3, 0.4) is 0 Å². The zero-order chi connectivity index (χ0) is 36.5. The van der Waals surface area contributed by atoms with Crippen LogP contribution in [0.5, 0.6) is 0 Å². The molecule has 0 aliphatic carbocycles. The minimum absolute atomic E-state index is 0.0671. The molecule has 0 aliphatic heterocycles. The number of carbonyl (C=O) groups excluding carboxylic acids is 1. The van der Waals surface area contributed by atoms with E-state index in [0.29, 0.717) is 23.9 Å². The largest absolute Gasteiger partial charge is 0.472 e. The van der Waals surface area contributed by atoms with Gasteiger partial charge in [0.25, 0.3) is 0 Å². The fraction of sp³-hybridized carbons (Fsp3) is 0.925. The maximum Gasteiger partial charge on any atom is 0.472 e. The molecule has 0 fully saturated rings. The second kappa shape index (κ2) is 33.1. The molecule has 0 aromatic rings. The number of allylic oxidation sites excluding steroid dienone is 1. The van der Waals surface area contributed by atoms with E-state index in [1.165, 1.54) is 128 Å². The summed E-state index contributed by atoms with van der Waals surface area (Å²) >= 11 is 0. The number of aliphatic hydroxyl groups excluding tert-OH is 1. The van der Waals surface area contributed by atoms with Gasteiger partial charge in [-0.3, -0.25) is 13.8 Å². The summed E-state index contributed by atoms with van der Waals surface area (Å²) in [6.45, 7) is 4.83. The number of hydrogen-bond acceptors (Lipinski definition) is 5. The normalized spacial score (nSPS) is 14.7. The molecular weight excluding hydrogens is 635 g/mol. The SMILES string of the molecule is CCCCCCCCCCCCC=CC[C@@H](O)[C@H](COP(=O)(O)OCC[N+](C)(C)C)NC(=O)CCCCCCCCCCCCCCCC. The Kier molecular flexibility index (Phi) is 32.6. The van der Waals surface area contributed by atoms with E-state index in [4.69, 9.17) is 9.05 Å². The van der Waals surface area contributed by atoms with Crippen LogP contribution in [0.2, 0.25) is 0 Å². The van der Waals surface area contributed by atoms with Crippen LogP contribution in [-0.4, -0.2) is 73.4 Å². The fourth-order valence-electron chi connectivity index (χ4n) is 5.92. The number of phosphoric ester groups is 1. The molecule has 1 unspecified atom stereocenters. The predicted molar refractivity (Wildman–Crippen MR) is 208 cm³/mol. The molecule has 8 nitrogen and oxygen atoms in total. The Balaban J connectivity index is 4.47. The van der Waals surface area contributed by atoms with Gasteiger partial charge in [-0.2, -0.15) is 0 Å². The summed E-state index contributed by atoms with van der Waals surface area (Å²) in [6.07, 6.45) is 35.3. The molecule has 0 aromatic heterocycles. The molecule has 0 rings (SSSR count). The quantitative estimate of drug-likeness (QED) is 0.0256. The lowest BCUT2D eigenvalue weighted by atomic mass is 10.0. The summed E-state index contributed by atoms with van der Waals surface area (Å²) in [6, 6.07) is -0.802. The molecule has 3 N–H and O–H groups in total. The van der Waals surface area contributed by atoms with Crippen LogP contribution >= 0.6 is 7.82 Å². The Bertz CT molecular complexity index is 819. The maximum absolute atomic E-state index is 12.8. The van der Waals surface area contributed by atoms with Crippen molar-refractivity contribution in [2.75, 3.05) is 40.9 Å². The zero-order valence-corrected chi connectivity index (χ0v) is 33.8. The number of amides is 1. The van der Waals surface area contributed by atoms with E-state index in [9.17, 15) is 19.4 Å². The second-order valence-corrected chi connectivity index (χ2v) is 16.8. The second-order valence-electron chi connectivity index (χ2n) is 15.4. The Hall–Kier alpha value is -0.760. The van der Waals surface area contributed by atoms with Crippen LogP contribution in [0, 0.1) is 0 Å². The highest BCUT2D eigenvalue weighted by atomic mass is 31.2. The van der Waals surface area contributed by atoms with Gasteiger partial charge < -0.3 is 19.8 Å². The molecule has 1 amide bonds. The summed E-state index contributed by atoms with van der Waals surface area (Å²) in [7, 11) is 1.59. The van der Waals surface area contributed by atoms with Gasteiger partial charge in [0.15, 0.2) is 0 Å². The first-order valence-corrected chi connectivity index (χ1v) is 22.0. The number of hydrogen-bond donors (Lipinski definition) is 3. The first-order valence-electron chi connectivity index (χ1n) is 20.6. The number of carbonyl (C=O) groups is 1. The standard InChI is InChI=1S/C40H81N2O6P/c1-6-8-10-12-14-16-18-20-22-24-26-28-30-32-34-40(44)41-38(37-48-49(45,46)47-36-35-42(3,4)5)39(43)33-31-29-27-25-23-21-19-17-15-13-11-9-7-2/h29,31,38-39,43H,6-28,30,32-37H2,1-5H3,(H-,41,44,45,46)/p+1/t38-,39+/m0/s1. The Labute approximate surface area is 303 Å². The zero-order valence-electron chi connectivity index (χ0n) is 32.9. The molecule has 0 saturated heterocycles. The number of aliphatic hydroxyl groups is 1. The van der Waals surface area contributed by atoms with Crippen LogP contribution in [0.4, 0.5) is 0 Å². The van der Waals surface area contributed by atoms with E-state index in [1.807, 2.05) is 27.2 Å². The van der Waals surface area contributed by atoms with Gasteiger partial charge in [0.1, 0.15) is 13.2 Å². The average Bonchev–Trinajstić information content (AvgIpc) is 3.04. The van der Waals surface area contributed by atoms with Crippen molar-refractivity contribution in [2.24, 2.45) is 0 Å². The van der Waals surface area contributed by atoms with Crippen LogP contribution in [-0.2, 0) is 18.4 Å². The molecule has 0 spiro atoms. The Morgan fingerprint density at radius 2 is 1.10 bits per heavy atom. The minimum atomic E-state index is -4.32. The minimum Gasteiger partial charge on any atom is -0.391 e. The fourth-order valence-corrected chi connectivity index (χ4v) is 6.65. The number of rotatable bonds is 37. The van der Waals surface area contributed by atoms with Gasteiger partial charge in [-0.1, -0.05) is 167 Å². The predicted octanol–water partition coefficient (Wildman–Crippen LogP) is 10.8. The highest BCUT2D eigenvalue weighted by molar-refractivity contribution is 7.47. The van der Waals surface area contributed by atoms with Crippen molar-refractivity contribution < 1.29 is 32.9 Å². The van der Waals surface area contributed by atoms with Gasteiger partial charge in [0.05, 0.1) is 39.9 Å². The van der Waals surface area contributed by atoms with Gasteiger partial charge >= 0.3 is 7.82 Å². The van der Waals surface area contributed by atoms with Gasteiger partial charge in [-0.05, 0) is 25.7 Å². The van der Waals surface area contributed by atoms with E-state index in [2.05, 4.69) is 25.2 Å². The lowest BCUT2D eigenvalue weighted by Gasteiger charge is -2.26. The lowest BCUT2D eigenvalue weighted by Crippen LogP contribution is -2.46. The molecule has 0 heterocycles. The van der Waals surface area contributed by atoms with Crippen molar-refractivity contribution >= 4 is 13.7 Å². The molecule has 3 atom stereocenters. The van der Waals surface area contributed by atoms with E-state index in [1.54, 1.807) is 0 Å². The molecule has 49 heavy (non-hydrogen) atoms. The average molecular weight is 718 g/mol. The highest BCUT2D eigenvalue weighted by Gasteiger charge is 2.28. The highest BCUT2D eigenvalue weighted by Crippen LogP contribution is 2.43. The molecule has 0 saturated carbocycles. The topological polar surface area (TPSA) is 105 Å². The van der Waals surface area contributed by atoms with Crippen LogP contribution in [0.25, 0.3) is 0 Å². The van der Waals surface area contributed by atoms with Crippen molar-refractivity contribution in [3.63, 3.8) is 0 Å². The number of quaternary nitrogens is 1. The van der Waals surface area contributed by atoms with Gasteiger partial charge in [-0.25, -0.2) is 4.57 Å². The van der Waals surface area contributed by atoms with E-state index < -0.39 is 20.0 Å². The third-order valence-corrected chi connectivity index (χ3v) is 10.3. The molecule has 0 aromatic carbocycles. The van der Waals surface area contributed by atoms with E-state index in [-0.39, 0.29) is 19.1 Å². The number of nitrogens with zero attached hydrogens (tertiary/aromatic N) is 1. The van der Waals surface area contributed by atoms with Crippen molar-refractivity contribution in [2.45, 2.75) is 199 Å². The summed E-state index contributed by atoms with van der Waals surface area (Å²) in [5, 5.41) is 13.8. The van der Waals surface area contributed by atoms with Crippen LogP contribution in [0.15, 0.2) is 12.2 Å². The maximum atomic E-state index is 12.8. The third-order valence-electron chi connectivity index (χ3n) is 9.27. The van der Waals surface area contributed by atoms with Crippen LogP contribution in [0.1, 0.15) is 187 Å². The first kappa shape index (κ1) is 48.2. The van der Waals surface area contributed by atoms with Gasteiger partial charge in [0.2, 0.25) is 5.91 Å². The molecule has 0 bridgehead atoms. The summed E-state index contributed by atoms with van der Waals surface area (Å²) in [5.74, 6) is -0.167. The van der Waals surface area contributed by atoms with E-state index >= 15 is 0 Å².